The van der Waals surface area contributed by atoms with Crippen LogP contribution in [0.1, 0.15) is 45.4 Å². The minimum absolute atomic E-state index is 0.0274. The van der Waals surface area contributed by atoms with Gasteiger partial charge in [-0.15, -0.1) is 0 Å². The number of benzene rings is 2. The summed E-state index contributed by atoms with van der Waals surface area (Å²) in [5.74, 6) is -0.224. The molecule has 2 N–H and O–H groups in total. The molecule has 0 bridgehead atoms. The molecule has 3 aromatic rings. The van der Waals surface area contributed by atoms with E-state index in [0.717, 1.165) is 38.9 Å². The van der Waals surface area contributed by atoms with Gasteiger partial charge in [-0.2, -0.15) is 5.10 Å². The first-order valence-electron chi connectivity index (χ1n) is 10.8. The van der Waals surface area contributed by atoms with E-state index < -0.39 is 10.0 Å². The Balaban J connectivity index is 1.59. The van der Waals surface area contributed by atoms with Crippen LogP contribution in [0.4, 0.5) is 0 Å². The predicted octanol–water partition coefficient (Wildman–Crippen LogP) is 2.85. The van der Waals surface area contributed by atoms with E-state index in [1.54, 1.807) is 11.0 Å². The van der Waals surface area contributed by atoms with Crippen LogP contribution in [0, 0.1) is 34.6 Å². The second-order valence-corrected chi connectivity index (χ2v) is 9.94. The van der Waals surface area contributed by atoms with Gasteiger partial charge in [0.05, 0.1) is 11.4 Å². The van der Waals surface area contributed by atoms with Crippen molar-refractivity contribution in [2.75, 3.05) is 6.54 Å². The Morgan fingerprint density at radius 3 is 2.15 bits per heavy atom. The number of sulfonamides is 1. The number of aromatic nitrogens is 3. The summed E-state index contributed by atoms with van der Waals surface area (Å²) in [6.07, 6.45) is 3.17. The second kappa shape index (κ2) is 10.3. The lowest BCUT2D eigenvalue weighted by molar-refractivity contribution is -0.121. The maximum absolute atomic E-state index is 13.0. The highest BCUT2D eigenvalue weighted by atomic mass is 32.2. The molecule has 0 spiro atoms. The van der Waals surface area contributed by atoms with E-state index >= 15 is 0 Å². The fourth-order valence-electron chi connectivity index (χ4n) is 3.90. The summed E-state index contributed by atoms with van der Waals surface area (Å²) in [5, 5.41) is 6.99. The quantitative estimate of drug-likeness (QED) is 0.501. The first-order chi connectivity index (χ1) is 15.6. The van der Waals surface area contributed by atoms with E-state index in [-0.39, 0.29) is 18.9 Å². The number of hydrogen-bond acceptors (Lipinski definition) is 5. The highest BCUT2D eigenvalue weighted by Crippen LogP contribution is 2.29. The van der Waals surface area contributed by atoms with Gasteiger partial charge in [0.15, 0.2) is 0 Å². The molecule has 3 rings (SSSR count). The molecule has 0 atom stereocenters. The van der Waals surface area contributed by atoms with Gasteiger partial charge in [0.1, 0.15) is 12.7 Å². The normalized spacial score (nSPS) is 11.5. The standard InChI is InChI=1S/C24H31N5O3S/c1-16-17(2)19(4)24(20(5)18(16)3)33(31,32)28-11-10-23(30)26-12-21-8-6-7-9-22(21)13-29-15-25-14-27-29/h6-9,14-15,28H,10-13H2,1-5H3,(H,26,30). The van der Waals surface area contributed by atoms with E-state index in [1.165, 1.54) is 6.33 Å². The minimum Gasteiger partial charge on any atom is -0.352 e. The Kier molecular flexibility index (Phi) is 7.65. The molecule has 0 unspecified atom stereocenters. The SMILES string of the molecule is Cc1c(C)c(C)c(S(=O)(=O)NCCC(=O)NCc2ccccc2Cn2cncn2)c(C)c1C. The van der Waals surface area contributed by atoms with Gasteiger partial charge in [-0.05, 0) is 73.6 Å². The zero-order valence-electron chi connectivity index (χ0n) is 19.8. The molecule has 0 fully saturated rings. The average molecular weight is 470 g/mol. The first-order valence-corrected chi connectivity index (χ1v) is 12.3. The van der Waals surface area contributed by atoms with Crippen LogP contribution in [0.3, 0.4) is 0 Å². The molecule has 0 aliphatic heterocycles. The number of nitrogens with zero attached hydrogens (tertiary/aromatic N) is 3. The molecule has 0 saturated heterocycles. The van der Waals surface area contributed by atoms with Gasteiger partial charge < -0.3 is 5.32 Å². The van der Waals surface area contributed by atoms with Crippen molar-refractivity contribution < 1.29 is 13.2 Å². The van der Waals surface area contributed by atoms with Gasteiger partial charge in [0.2, 0.25) is 15.9 Å². The van der Waals surface area contributed by atoms with Crippen LogP contribution >= 0.6 is 0 Å². The third kappa shape index (κ3) is 5.66. The van der Waals surface area contributed by atoms with Crippen molar-refractivity contribution >= 4 is 15.9 Å². The highest BCUT2D eigenvalue weighted by Gasteiger charge is 2.23. The largest absolute Gasteiger partial charge is 0.352 e. The van der Waals surface area contributed by atoms with Crippen LogP contribution < -0.4 is 10.0 Å². The number of amides is 1. The van der Waals surface area contributed by atoms with Crippen molar-refractivity contribution in [2.24, 2.45) is 0 Å². The molecule has 0 aliphatic rings. The van der Waals surface area contributed by atoms with E-state index in [0.29, 0.717) is 18.0 Å². The zero-order chi connectivity index (χ0) is 24.2. The Hall–Kier alpha value is -3.04. The van der Waals surface area contributed by atoms with Crippen LogP contribution in [-0.4, -0.2) is 35.6 Å². The molecular weight excluding hydrogens is 438 g/mol. The van der Waals surface area contributed by atoms with Crippen LogP contribution in [0.25, 0.3) is 0 Å². The van der Waals surface area contributed by atoms with Crippen molar-refractivity contribution in [3.05, 3.63) is 75.9 Å². The van der Waals surface area contributed by atoms with E-state index in [9.17, 15) is 13.2 Å². The Morgan fingerprint density at radius 2 is 1.55 bits per heavy atom. The summed E-state index contributed by atoms with van der Waals surface area (Å²) in [5.41, 5.74) is 6.54. The maximum Gasteiger partial charge on any atom is 0.241 e. The summed E-state index contributed by atoms with van der Waals surface area (Å²) < 4.78 is 30.3. The van der Waals surface area contributed by atoms with Gasteiger partial charge in [-0.1, -0.05) is 24.3 Å². The summed E-state index contributed by atoms with van der Waals surface area (Å²) in [6.45, 7) is 10.5. The molecule has 9 heteroatoms. The fraction of sp³-hybridized carbons (Fsp3) is 0.375. The van der Waals surface area contributed by atoms with Crippen LogP contribution in [0.2, 0.25) is 0 Å². The Labute approximate surface area is 195 Å². The van der Waals surface area contributed by atoms with Crippen LogP contribution in [0.15, 0.2) is 41.8 Å². The predicted molar refractivity (Wildman–Crippen MR) is 127 cm³/mol. The van der Waals surface area contributed by atoms with Crippen LogP contribution in [-0.2, 0) is 27.9 Å². The topological polar surface area (TPSA) is 106 Å². The van der Waals surface area contributed by atoms with E-state index in [4.69, 9.17) is 0 Å². The van der Waals surface area contributed by atoms with Gasteiger partial charge in [-0.3, -0.25) is 4.79 Å². The zero-order valence-corrected chi connectivity index (χ0v) is 20.6. The van der Waals surface area contributed by atoms with E-state index in [1.807, 2.05) is 58.9 Å². The van der Waals surface area contributed by atoms with Gasteiger partial charge in [-0.25, -0.2) is 22.8 Å². The summed E-state index contributed by atoms with van der Waals surface area (Å²) >= 11 is 0. The second-order valence-electron chi connectivity index (χ2n) is 8.24. The number of rotatable bonds is 9. The molecule has 2 aromatic carbocycles. The van der Waals surface area contributed by atoms with Crippen molar-refractivity contribution in [1.29, 1.82) is 0 Å². The third-order valence-corrected chi connectivity index (χ3v) is 7.97. The Morgan fingerprint density at radius 1 is 0.939 bits per heavy atom. The summed E-state index contributed by atoms with van der Waals surface area (Å²) in [6, 6.07) is 7.78. The van der Waals surface area contributed by atoms with Gasteiger partial charge in [0.25, 0.3) is 0 Å². The van der Waals surface area contributed by atoms with E-state index in [2.05, 4.69) is 20.1 Å². The van der Waals surface area contributed by atoms with Crippen molar-refractivity contribution in [3.8, 4) is 0 Å². The molecule has 0 aliphatic carbocycles. The highest BCUT2D eigenvalue weighted by molar-refractivity contribution is 7.89. The number of hydrogen-bond donors (Lipinski definition) is 2. The summed E-state index contributed by atoms with van der Waals surface area (Å²) in [7, 11) is -3.73. The lowest BCUT2D eigenvalue weighted by Gasteiger charge is -2.19. The average Bonchev–Trinajstić information content (AvgIpc) is 3.28. The first kappa shape index (κ1) is 24.6. The molecule has 1 aromatic heterocycles. The molecule has 0 radical (unpaired) electrons. The van der Waals surface area contributed by atoms with Gasteiger partial charge in [0, 0.05) is 19.5 Å². The summed E-state index contributed by atoms with van der Waals surface area (Å²) in [4.78, 5) is 16.6. The number of carbonyl (C=O) groups excluding carboxylic acids is 1. The third-order valence-electron chi connectivity index (χ3n) is 6.24. The molecule has 8 nitrogen and oxygen atoms in total. The van der Waals surface area contributed by atoms with Crippen molar-refractivity contribution in [2.45, 2.75) is 59.0 Å². The fourth-order valence-corrected chi connectivity index (χ4v) is 5.52. The van der Waals surface area contributed by atoms with Crippen molar-refractivity contribution in [3.63, 3.8) is 0 Å². The van der Waals surface area contributed by atoms with Gasteiger partial charge >= 0.3 is 0 Å². The molecular formula is C24H31N5O3S. The van der Waals surface area contributed by atoms with Crippen LogP contribution in [0.5, 0.6) is 0 Å². The smallest absolute Gasteiger partial charge is 0.241 e. The Bertz CT molecular complexity index is 1220. The molecule has 176 valence electrons. The van der Waals surface area contributed by atoms with Crippen molar-refractivity contribution in [1.82, 2.24) is 24.8 Å². The number of carbonyl (C=O) groups is 1. The molecule has 1 heterocycles. The molecule has 33 heavy (non-hydrogen) atoms. The number of nitrogens with one attached hydrogen (secondary N) is 2. The monoisotopic (exact) mass is 469 g/mol. The lowest BCUT2D eigenvalue weighted by atomic mass is 9.95. The molecule has 1 amide bonds. The maximum atomic E-state index is 13.0. The lowest BCUT2D eigenvalue weighted by Crippen LogP contribution is -2.31. The molecule has 0 saturated carbocycles. The minimum atomic E-state index is -3.73.